The van der Waals surface area contributed by atoms with Crippen LogP contribution in [-0.4, -0.2) is 23.5 Å². The number of hydrogen-bond acceptors (Lipinski definition) is 3. The molecule has 1 aromatic carbocycles. The summed E-state index contributed by atoms with van der Waals surface area (Å²) in [7, 11) is 0. The predicted molar refractivity (Wildman–Crippen MR) is 83.8 cm³/mol. The lowest BCUT2D eigenvalue weighted by Crippen LogP contribution is -2.32. The quantitative estimate of drug-likeness (QED) is 0.494. The first kappa shape index (κ1) is 15.4. The van der Waals surface area contributed by atoms with Crippen molar-refractivity contribution in [3.05, 3.63) is 29.8 Å². The third-order valence-electron chi connectivity index (χ3n) is 2.31. The highest BCUT2D eigenvalue weighted by atomic mass is 32.1. The minimum atomic E-state index is 0.180. The Kier molecular flexibility index (Phi) is 6.29. The second kappa shape index (κ2) is 7.74. The average molecular weight is 279 g/mol. The molecule has 5 heteroatoms. The van der Waals surface area contributed by atoms with Crippen LogP contribution in [0.2, 0.25) is 0 Å². The number of nitrogens with one attached hydrogen (secondary N) is 2. The van der Waals surface area contributed by atoms with Crippen molar-refractivity contribution in [1.82, 2.24) is 10.7 Å². The Morgan fingerprint density at radius 2 is 1.95 bits per heavy atom. The fraction of sp³-hybridized carbons (Fsp3) is 0.429. The van der Waals surface area contributed by atoms with Crippen LogP contribution in [0.1, 0.15) is 33.3 Å². The topological polar surface area (TPSA) is 45.7 Å². The van der Waals surface area contributed by atoms with Crippen LogP contribution in [0, 0.1) is 0 Å². The number of hydrazone groups is 1. The zero-order valence-electron chi connectivity index (χ0n) is 11.9. The van der Waals surface area contributed by atoms with E-state index in [1.165, 1.54) is 0 Å². The SMILES string of the molecule is CCNC(=S)N/N=C(/C)c1ccc(OC(C)C)cc1. The molecule has 19 heavy (non-hydrogen) atoms. The molecular formula is C14H21N3OS. The second-order valence-corrected chi connectivity index (χ2v) is 4.77. The summed E-state index contributed by atoms with van der Waals surface area (Å²) >= 11 is 5.04. The molecule has 104 valence electrons. The van der Waals surface area contributed by atoms with Crippen molar-refractivity contribution < 1.29 is 4.74 Å². The molecule has 0 saturated heterocycles. The maximum absolute atomic E-state index is 5.59. The number of hydrogen-bond donors (Lipinski definition) is 2. The Balaban J connectivity index is 2.64. The van der Waals surface area contributed by atoms with Crippen molar-refractivity contribution in [3.63, 3.8) is 0 Å². The normalized spacial score (nSPS) is 11.3. The standard InChI is InChI=1S/C14H21N3OS/c1-5-15-14(19)17-16-11(4)12-6-8-13(9-7-12)18-10(2)3/h6-10H,5H2,1-4H3,(H2,15,17,19)/b16-11-. The first-order valence-electron chi connectivity index (χ1n) is 6.38. The van der Waals surface area contributed by atoms with E-state index >= 15 is 0 Å². The number of nitrogens with zero attached hydrogens (tertiary/aromatic N) is 1. The largest absolute Gasteiger partial charge is 0.491 e. The van der Waals surface area contributed by atoms with E-state index in [-0.39, 0.29) is 6.10 Å². The lowest BCUT2D eigenvalue weighted by atomic mass is 10.1. The van der Waals surface area contributed by atoms with E-state index < -0.39 is 0 Å². The zero-order valence-corrected chi connectivity index (χ0v) is 12.7. The van der Waals surface area contributed by atoms with Gasteiger partial charge in [0.05, 0.1) is 11.8 Å². The molecule has 0 aliphatic heterocycles. The molecule has 2 N–H and O–H groups in total. The van der Waals surface area contributed by atoms with Crippen molar-refractivity contribution in [2.24, 2.45) is 5.10 Å². The van der Waals surface area contributed by atoms with Gasteiger partial charge in [0.25, 0.3) is 0 Å². The second-order valence-electron chi connectivity index (χ2n) is 4.36. The van der Waals surface area contributed by atoms with Crippen LogP contribution in [-0.2, 0) is 0 Å². The van der Waals surface area contributed by atoms with Gasteiger partial charge in [0.15, 0.2) is 5.11 Å². The van der Waals surface area contributed by atoms with E-state index in [2.05, 4.69) is 15.8 Å². The Labute approximate surface area is 120 Å². The van der Waals surface area contributed by atoms with Crippen LogP contribution in [0.15, 0.2) is 29.4 Å². The highest BCUT2D eigenvalue weighted by molar-refractivity contribution is 7.80. The first-order chi connectivity index (χ1) is 9.02. The Morgan fingerprint density at radius 3 is 2.47 bits per heavy atom. The number of rotatable bonds is 5. The smallest absolute Gasteiger partial charge is 0.186 e. The molecule has 0 unspecified atom stereocenters. The molecule has 0 atom stereocenters. The van der Waals surface area contributed by atoms with Crippen molar-refractivity contribution in [1.29, 1.82) is 0 Å². The van der Waals surface area contributed by atoms with E-state index in [4.69, 9.17) is 17.0 Å². The van der Waals surface area contributed by atoms with Crippen molar-refractivity contribution >= 4 is 23.0 Å². The van der Waals surface area contributed by atoms with Gasteiger partial charge in [-0.15, -0.1) is 0 Å². The van der Waals surface area contributed by atoms with Gasteiger partial charge in [0.1, 0.15) is 5.75 Å². The molecule has 1 rings (SSSR count). The molecule has 0 radical (unpaired) electrons. The highest BCUT2D eigenvalue weighted by Crippen LogP contribution is 2.14. The molecule has 4 nitrogen and oxygen atoms in total. The van der Waals surface area contributed by atoms with Crippen LogP contribution >= 0.6 is 12.2 Å². The van der Waals surface area contributed by atoms with Crippen molar-refractivity contribution in [2.75, 3.05) is 6.54 Å². The minimum Gasteiger partial charge on any atom is -0.491 e. The summed E-state index contributed by atoms with van der Waals surface area (Å²) in [6, 6.07) is 7.84. The summed E-state index contributed by atoms with van der Waals surface area (Å²) in [6.07, 6.45) is 0.180. The lowest BCUT2D eigenvalue weighted by molar-refractivity contribution is 0.242. The molecule has 0 aliphatic carbocycles. The van der Waals surface area contributed by atoms with Gasteiger partial charge >= 0.3 is 0 Å². The predicted octanol–water partition coefficient (Wildman–Crippen LogP) is 2.68. The molecule has 0 spiro atoms. The molecule has 0 amide bonds. The van der Waals surface area contributed by atoms with Crippen LogP contribution in [0.5, 0.6) is 5.75 Å². The molecular weight excluding hydrogens is 258 g/mol. The number of thiocarbonyl (C=S) groups is 1. The summed E-state index contributed by atoms with van der Waals surface area (Å²) in [5.41, 5.74) is 4.71. The summed E-state index contributed by atoms with van der Waals surface area (Å²) in [5, 5.41) is 7.73. The van der Waals surface area contributed by atoms with Gasteiger partial charge in [-0.25, -0.2) is 0 Å². The van der Waals surface area contributed by atoms with Gasteiger partial charge in [-0.05, 0) is 69.7 Å². The Bertz CT molecular complexity index is 441. The van der Waals surface area contributed by atoms with Gasteiger partial charge in [-0.2, -0.15) is 5.10 Å². The molecule has 0 aliphatic rings. The van der Waals surface area contributed by atoms with Gasteiger partial charge in [-0.1, -0.05) is 0 Å². The summed E-state index contributed by atoms with van der Waals surface area (Å²) in [6.45, 7) is 8.71. The van der Waals surface area contributed by atoms with E-state index in [0.717, 1.165) is 23.6 Å². The van der Waals surface area contributed by atoms with Gasteiger partial charge in [0.2, 0.25) is 0 Å². The maximum atomic E-state index is 5.59. The summed E-state index contributed by atoms with van der Waals surface area (Å²) in [4.78, 5) is 0. The zero-order chi connectivity index (χ0) is 14.3. The number of benzene rings is 1. The minimum absolute atomic E-state index is 0.180. The van der Waals surface area contributed by atoms with Gasteiger partial charge in [0, 0.05) is 6.54 Å². The van der Waals surface area contributed by atoms with Crippen LogP contribution < -0.4 is 15.5 Å². The fourth-order valence-electron chi connectivity index (χ4n) is 1.45. The monoisotopic (exact) mass is 279 g/mol. The summed E-state index contributed by atoms with van der Waals surface area (Å²) in [5.74, 6) is 0.864. The molecule has 0 saturated carbocycles. The van der Waals surface area contributed by atoms with Gasteiger partial charge < -0.3 is 10.1 Å². The van der Waals surface area contributed by atoms with Gasteiger partial charge in [-0.3, -0.25) is 5.43 Å². The third kappa shape index (κ3) is 5.70. The summed E-state index contributed by atoms with van der Waals surface area (Å²) < 4.78 is 5.59. The Hall–Kier alpha value is -1.62. The number of ether oxygens (including phenoxy) is 1. The maximum Gasteiger partial charge on any atom is 0.186 e. The first-order valence-corrected chi connectivity index (χ1v) is 6.79. The van der Waals surface area contributed by atoms with E-state index in [9.17, 15) is 0 Å². The molecule has 1 aromatic rings. The molecule has 0 heterocycles. The highest BCUT2D eigenvalue weighted by Gasteiger charge is 2.01. The lowest BCUT2D eigenvalue weighted by Gasteiger charge is -2.10. The van der Waals surface area contributed by atoms with Crippen LogP contribution in [0.3, 0.4) is 0 Å². The fourth-order valence-corrected chi connectivity index (χ4v) is 1.64. The van der Waals surface area contributed by atoms with Crippen molar-refractivity contribution in [2.45, 2.75) is 33.8 Å². The third-order valence-corrected chi connectivity index (χ3v) is 2.54. The van der Waals surface area contributed by atoms with Crippen LogP contribution in [0.25, 0.3) is 0 Å². The Morgan fingerprint density at radius 1 is 1.32 bits per heavy atom. The van der Waals surface area contributed by atoms with Crippen molar-refractivity contribution in [3.8, 4) is 5.75 Å². The average Bonchev–Trinajstić information content (AvgIpc) is 2.36. The van der Waals surface area contributed by atoms with E-state index in [1.807, 2.05) is 52.0 Å². The van der Waals surface area contributed by atoms with E-state index in [1.54, 1.807) is 0 Å². The molecule has 0 aromatic heterocycles. The van der Waals surface area contributed by atoms with Crippen LogP contribution in [0.4, 0.5) is 0 Å². The molecule has 0 bridgehead atoms. The molecule has 0 fully saturated rings. The van der Waals surface area contributed by atoms with E-state index in [0.29, 0.717) is 5.11 Å².